The molecule has 0 saturated carbocycles. The molecule has 4 aromatic rings. The Morgan fingerprint density at radius 3 is 2.02 bits per heavy atom. The second-order valence-corrected chi connectivity index (χ2v) is 12.7. The van der Waals surface area contributed by atoms with Gasteiger partial charge in [0.2, 0.25) is 0 Å². The van der Waals surface area contributed by atoms with Crippen molar-refractivity contribution in [1.82, 2.24) is 0 Å². The van der Waals surface area contributed by atoms with E-state index in [1.165, 1.54) is 12.1 Å². The van der Waals surface area contributed by atoms with Crippen molar-refractivity contribution in [2.45, 2.75) is 76.0 Å². The first-order valence-electron chi connectivity index (χ1n) is 17.1. The average Bonchev–Trinajstić information content (AvgIpc) is 3.11. The molecule has 55 heavy (non-hydrogen) atoms. The van der Waals surface area contributed by atoms with Crippen molar-refractivity contribution < 1.29 is 67.7 Å². The Labute approximate surface area is 310 Å². The molecule has 4 rings (SSSR count). The lowest BCUT2D eigenvalue weighted by atomic mass is 9.67. The topological polar surface area (TPSA) is 61.8 Å². The van der Waals surface area contributed by atoms with Gasteiger partial charge in [0, 0.05) is 29.9 Å². The molecule has 0 fully saturated rings. The summed E-state index contributed by atoms with van der Waals surface area (Å²) in [5, 5.41) is 0. The molecule has 5 nitrogen and oxygen atoms in total. The molecule has 0 saturated heterocycles. The highest BCUT2D eigenvalue weighted by Gasteiger charge is 2.45. The van der Waals surface area contributed by atoms with Crippen LogP contribution in [0, 0.1) is 17.5 Å². The monoisotopic (exact) mass is 786 g/mol. The van der Waals surface area contributed by atoms with Gasteiger partial charge >= 0.3 is 24.7 Å². The van der Waals surface area contributed by atoms with Crippen LogP contribution in [-0.2, 0) is 27.5 Å². The third-order valence-electron chi connectivity index (χ3n) is 8.66. The Hall–Kier alpha value is -5.08. The number of unbranched alkanes of at least 4 members (excludes halogenated alkanes) is 3. The summed E-state index contributed by atoms with van der Waals surface area (Å²) >= 11 is 0. The van der Waals surface area contributed by atoms with E-state index in [2.05, 4.69) is 4.74 Å². The highest BCUT2D eigenvalue weighted by molar-refractivity contribution is 5.97. The summed E-state index contributed by atoms with van der Waals surface area (Å²) in [5.74, 6) is -5.62. The summed E-state index contributed by atoms with van der Waals surface area (Å²) in [7, 11) is 0. The largest absolute Gasteiger partial charge is 0.494 e. The van der Waals surface area contributed by atoms with Crippen LogP contribution >= 0.6 is 0 Å². The molecule has 0 N–H and O–H groups in total. The second kappa shape index (κ2) is 18.5. The Morgan fingerprint density at radius 1 is 0.709 bits per heavy atom. The maximum atomic E-state index is 15.2. The Kier molecular flexibility index (Phi) is 14.4. The van der Waals surface area contributed by atoms with Crippen molar-refractivity contribution in [3.63, 3.8) is 0 Å². The van der Waals surface area contributed by atoms with Crippen LogP contribution in [-0.4, -0.2) is 37.5 Å². The molecule has 4 aromatic carbocycles. The number of Topliss-reactive ketones (excluding diaryl/α,β-unsaturated/α-hetero) is 1. The van der Waals surface area contributed by atoms with E-state index in [0.717, 1.165) is 43.2 Å². The van der Waals surface area contributed by atoms with Crippen molar-refractivity contribution in [2.75, 3.05) is 13.2 Å². The number of carbonyl (C=O) groups is 2. The summed E-state index contributed by atoms with van der Waals surface area (Å²) in [6, 6.07) is 14.1. The van der Waals surface area contributed by atoms with Crippen LogP contribution in [0.25, 0.3) is 0 Å². The van der Waals surface area contributed by atoms with E-state index in [1.807, 2.05) is 0 Å². The number of hydrogen-bond acceptors (Lipinski definition) is 5. The summed E-state index contributed by atoms with van der Waals surface area (Å²) in [6.07, 6.45) is -12.5. The highest BCUT2D eigenvalue weighted by atomic mass is 19.4. The number of ether oxygens (including phenoxy) is 3. The molecular formula is C40H36F10O5. The molecule has 0 aliphatic rings. The van der Waals surface area contributed by atoms with Crippen molar-refractivity contribution in [2.24, 2.45) is 0 Å². The molecule has 0 unspecified atom stereocenters. The molecule has 1 atom stereocenters. The first-order valence-corrected chi connectivity index (χ1v) is 17.1. The molecule has 15 heteroatoms. The fourth-order valence-corrected chi connectivity index (χ4v) is 6.00. The van der Waals surface area contributed by atoms with Gasteiger partial charge in [0.1, 0.15) is 29.0 Å². The molecule has 0 aliphatic heterocycles. The van der Waals surface area contributed by atoms with E-state index in [1.54, 1.807) is 31.2 Å². The lowest BCUT2D eigenvalue weighted by Crippen LogP contribution is -2.35. The van der Waals surface area contributed by atoms with Crippen LogP contribution < -0.4 is 9.47 Å². The molecule has 0 bridgehead atoms. The number of rotatable bonds is 19. The van der Waals surface area contributed by atoms with Crippen LogP contribution in [0.1, 0.15) is 78.1 Å². The third-order valence-corrected chi connectivity index (χ3v) is 8.66. The summed E-state index contributed by atoms with van der Waals surface area (Å²) in [5.41, 5.74) is -4.13. The quantitative estimate of drug-likeness (QED) is 0.0410. The van der Waals surface area contributed by atoms with Gasteiger partial charge in [0.15, 0.2) is 5.78 Å². The minimum atomic E-state index is -5.19. The predicted octanol–water partition coefficient (Wildman–Crippen LogP) is 11.1. The predicted molar refractivity (Wildman–Crippen MR) is 181 cm³/mol. The lowest BCUT2D eigenvalue weighted by Gasteiger charge is -2.36. The van der Waals surface area contributed by atoms with Crippen LogP contribution in [0.5, 0.6) is 11.5 Å². The van der Waals surface area contributed by atoms with Crippen molar-refractivity contribution in [3.8, 4) is 11.5 Å². The zero-order chi connectivity index (χ0) is 40.4. The molecule has 0 heterocycles. The number of carbonyl (C=O) groups excluding carboxylic acids is 2. The molecule has 0 aliphatic carbocycles. The number of halogens is 10. The van der Waals surface area contributed by atoms with E-state index in [-0.39, 0.29) is 23.5 Å². The van der Waals surface area contributed by atoms with Crippen molar-refractivity contribution >= 4 is 11.8 Å². The van der Waals surface area contributed by atoms with E-state index in [9.17, 15) is 49.1 Å². The van der Waals surface area contributed by atoms with E-state index in [4.69, 9.17) is 9.47 Å². The van der Waals surface area contributed by atoms with E-state index in [0.29, 0.717) is 62.0 Å². The number of alkyl halides is 7. The molecule has 0 amide bonds. The molecule has 296 valence electrons. The van der Waals surface area contributed by atoms with Crippen LogP contribution in [0.2, 0.25) is 0 Å². The van der Waals surface area contributed by atoms with Gasteiger partial charge in [-0.2, -0.15) is 30.7 Å². The molecular weight excluding hydrogens is 750 g/mol. The first kappa shape index (κ1) is 42.7. The fourth-order valence-electron chi connectivity index (χ4n) is 6.00. The average molecular weight is 787 g/mol. The minimum Gasteiger partial charge on any atom is -0.494 e. The van der Waals surface area contributed by atoms with Gasteiger partial charge in [-0.3, -0.25) is 9.59 Å². The zero-order valence-corrected chi connectivity index (χ0v) is 29.3. The number of ketones is 1. The van der Waals surface area contributed by atoms with Crippen LogP contribution in [0.3, 0.4) is 0 Å². The van der Waals surface area contributed by atoms with E-state index < -0.39 is 70.7 Å². The smallest absolute Gasteiger partial charge is 0.461 e. The first-order chi connectivity index (χ1) is 25.9. The third kappa shape index (κ3) is 11.7. The van der Waals surface area contributed by atoms with E-state index >= 15 is 4.39 Å². The molecule has 0 aromatic heterocycles. The molecule has 0 radical (unpaired) electrons. The minimum absolute atomic E-state index is 0.0564. The van der Waals surface area contributed by atoms with Gasteiger partial charge in [-0.25, -0.2) is 13.2 Å². The van der Waals surface area contributed by atoms with Crippen molar-refractivity contribution in [3.05, 3.63) is 130 Å². The Morgan fingerprint density at radius 2 is 1.38 bits per heavy atom. The zero-order valence-electron chi connectivity index (χ0n) is 29.3. The van der Waals surface area contributed by atoms with Gasteiger partial charge < -0.3 is 14.2 Å². The summed E-state index contributed by atoms with van der Waals surface area (Å²) in [4.78, 5) is 25.4. The number of esters is 1. The second-order valence-electron chi connectivity index (χ2n) is 12.7. The fraction of sp³-hybridized carbons (Fsp3) is 0.350. The normalized spacial score (nSPS) is 13.0. The Bertz CT molecular complexity index is 1900. The van der Waals surface area contributed by atoms with Crippen LogP contribution in [0.15, 0.2) is 84.9 Å². The maximum Gasteiger partial charge on any atom is 0.461 e. The number of benzene rings is 4. The summed E-state index contributed by atoms with van der Waals surface area (Å²) in [6.45, 7) is 2.35. The maximum absolute atomic E-state index is 15.2. The van der Waals surface area contributed by atoms with Gasteiger partial charge in [0.05, 0.1) is 18.8 Å². The van der Waals surface area contributed by atoms with Gasteiger partial charge in [-0.15, -0.1) is 0 Å². The van der Waals surface area contributed by atoms with Crippen molar-refractivity contribution in [1.29, 1.82) is 0 Å². The SMILES string of the molecule is CCOC(=O)CCCCCCOc1ccc(C[C@@](CC(=O)c2ccc(F)c(C(F)(F)F)c2)(c2ccc(F)cc2)c2cc(F)cc(OC(F)(F)C(F)F)c2)cc1. The highest BCUT2D eigenvalue weighted by Crippen LogP contribution is 2.43. The van der Waals surface area contributed by atoms with Gasteiger partial charge in [0.25, 0.3) is 0 Å². The van der Waals surface area contributed by atoms with Gasteiger partial charge in [-0.1, -0.05) is 37.1 Å². The standard InChI is InChI=1S/C40H36F10O5/c1-2-53-36(52)7-5-3-4-6-18-54-31-15-8-25(9-16-31)23-38(27-11-13-29(41)14-12-27,24-35(51)26-10-17-34(43)33(19-26)39(46,47)48)28-20-30(42)22-32(21-28)55-40(49,50)37(44)45/h8-17,19-22,37H,2-7,18,23-24H2,1H3/t38-/m1/s1. The van der Waals surface area contributed by atoms with Crippen LogP contribution in [0.4, 0.5) is 43.9 Å². The Balaban J connectivity index is 1.72. The van der Waals surface area contributed by atoms with Gasteiger partial charge in [-0.05, 0) is 97.5 Å². The lowest BCUT2D eigenvalue weighted by molar-refractivity contribution is -0.253. The molecule has 0 spiro atoms. The summed E-state index contributed by atoms with van der Waals surface area (Å²) < 4.78 is 154. The number of hydrogen-bond donors (Lipinski definition) is 0.